The summed E-state index contributed by atoms with van der Waals surface area (Å²) < 4.78 is 36.3. The van der Waals surface area contributed by atoms with Crippen molar-refractivity contribution in [2.24, 2.45) is 7.05 Å². The third kappa shape index (κ3) is 3.06. The van der Waals surface area contributed by atoms with Crippen LogP contribution < -0.4 is 10.1 Å². The maximum atomic E-state index is 12.6. The van der Waals surface area contributed by atoms with Crippen molar-refractivity contribution in [3.8, 4) is 11.9 Å². The molecular weight excluding hydrogens is 348 g/mol. The molecule has 1 N–H and O–H groups in total. The summed E-state index contributed by atoms with van der Waals surface area (Å²) in [5.41, 5.74) is 0.236. The summed E-state index contributed by atoms with van der Waals surface area (Å²) in [6.07, 6.45) is 2.92. The molecule has 0 aliphatic carbocycles. The number of rotatable bonds is 5. The molecule has 0 saturated carbocycles. The Labute approximate surface area is 146 Å². The monoisotopic (exact) mass is 361 g/mol. The molecule has 0 aromatic carbocycles. The molecule has 1 amide bonds. The number of nitrogens with zero attached hydrogens (tertiary/aromatic N) is 4. The Hall–Kier alpha value is -3.48. The zero-order chi connectivity index (χ0) is 18.8. The van der Waals surface area contributed by atoms with Crippen molar-refractivity contribution >= 4 is 22.7 Å². The fourth-order valence-electron chi connectivity index (χ4n) is 2.42. The summed E-state index contributed by atoms with van der Waals surface area (Å²) >= 11 is 0. The first kappa shape index (κ1) is 17.3. The standard InChI is InChI=1S/C16H13F2N5O3/c1-3-9-4-10-11(7-20-15(12(10)25-9)26-16(17)18)14(24)22-13-8(5-19)6-21-23(13)2/h4,6-7,16H,3H2,1-2H3,(H,22,24). The van der Waals surface area contributed by atoms with E-state index in [1.165, 1.54) is 10.9 Å². The van der Waals surface area contributed by atoms with Gasteiger partial charge in [-0.05, 0) is 6.07 Å². The van der Waals surface area contributed by atoms with Crippen LogP contribution in [-0.4, -0.2) is 27.3 Å². The van der Waals surface area contributed by atoms with Gasteiger partial charge in [0.1, 0.15) is 23.2 Å². The zero-order valence-corrected chi connectivity index (χ0v) is 13.8. The van der Waals surface area contributed by atoms with Gasteiger partial charge in [-0.2, -0.15) is 19.1 Å². The molecule has 26 heavy (non-hydrogen) atoms. The van der Waals surface area contributed by atoms with Gasteiger partial charge in [-0.15, -0.1) is 0 Å². The van der Waals surface area contributed by atoms with Crippen molar-refractivity contribution in [2.75, 3.05) is 5.32 Å². The average molecular weight is 361 g/mol. The van der Waals surface area contributed by atoms with E-state index in [1.54, 1.807) is 13.1 Å². The molecule has 0 aliphatic heterocycles. The second-order valence-electron chi connectivity index (χ2n) is 5.26. The minimum atomic E-state index is -3.08. The van der Waals surface area contributed by atoms with Gasteiger partial charge in [0, 0.05) is 25.1 Å². The maximum Gasteiger partial charge on any atom is 0.388 e. The second kappa shape index (κ2) is 6.79. The van der Waals surface area contributed by atoms with E-state index in [2.05, 4.69) is 20.1 Å². The Morgan fingerprint density at radius 1 is 1.50 bits per heavy atom. The van der Waals surface area contributed by atoms with E-state index in [0.717, 1.165) is 6.20 Å². The van der Waals surface area contributed by atoms with Crippen LogP contribution >= 0.6 is 0 Å². The van der Waals surface area contributed by atoms with Crippen LogP contribution in [0.25, 0.3) is 11.0 Å². The summed E-state index contributed by atoms with van der Waals surface area (Å²) in [7, 11) is 1.57. The predicted molar refractivity (Wildman–Crippen MR) is 85.9 cm³/mol. The van der Waals surface area contributed by atoms with Gasteiger partial charge in [0.15, 0.2) is 5.58 Å². The van der Waals surface area contributed by atoms with Crippen molar-refractivity contribution < 1.29 is 22.7 Å². The van der Waals surface area contributed by atoms with Gasteiger partial charge in [0.05, 0.1) is 11.8 Å². The van der Waals surface area contributed by atoms with Gasteiger partial charge in [0.25, 0.3) is 11.8 Å². The lowest BCUT2D eigenvalue weighted by molar-refractivity contribution is -0.0523. The quantitative estimate of drug-likeness (QED) is 0.749. The van der Waals surface area contributed by atoms with Crippen LogP contribution in [0.3, 0.4) is 0 Å². The largest absolute Gasteiger partial charge is 0.455 e. The SMILES string of the molecule is CCc1cc2c(C(=O)Nc3c(C#N)cnn3C)cnc(OC(F)F)c2o1. The third-order valence-corrected chi connectivity index (χ3v) is 3.66. The van der Waals surface area contributed by atoms with E-state index in [0.29, 0.717) is 12.2 Å². The first-order chi connectivity index (χ1) is 12.4. The fraction of sp³-hybridized carbons (Fsp3) is 0.250. The number of fused-ring (bicyclic) bond motifs is 1. The molecule has 0 radical (unpaired) electrons. The third-order valence-electron chi connectivity index (χ3n) is 3.66. The first-order valence-electron chi connectivity index (χ1n) is 7.54. The number of furan rings is 1. The summed E-state index contributed by atoms with van der Waals surface area (Å²) in [6, 6.07) is 3.49. The molecule has 0 bridgehead atoms. The van der Waals surface area contributed by atoms with Crippen LogP contribution in [0.2, 0.25) is 0 Å². The van der Waals surface area contributed by atoms with Crippen LogP contribution in [-0.2, 0) is 13.5 Å². The first-order valence-corrected chi connectivity index (χ1v) is 7.54. The maximum absolute atomic E-state index is 12.6. The Bertz CT molecular complexity index is 1020. The van der Waals surface area contributed by atoms with Crippen LogP contribution in [0.4, 0.5) is 14.6 Å². The lowest BCUT2D eigenvalue weighted by atomic mass is 10.1. The molecule has 3 aromatic heterocycles. The number of amides is 1. The Morgan fingerprint density at radius 3 is 2.92 bits per heavy atom. The number of pyridine rings is 1. The fourth-order valence-corrected chi connectivity index (χ4v) is 2.42. The summed E-state index contributed by atoms with van der Waals surface area (Å²) in [5.74, 6) is -0.295. The van der Waals surface area contributed by atoms with Crippen molar-refractivity contribution in [3.63, 3.8) is 0 Å². The Kier molecular flexibility index (Phi) is 4.53. The molecule has 0 atom stereocenters. The highest BCUT2D eigenvalue weighted by molar-refractivity contribution is 6.12. The van der Waals surface area contributed by atoms with Gasteiger partial charge in [0.2, 0.25) is 0 Å². The number of anilines is 1. The molecule has 3 heterocycles. The van der Waals surface area contributed by atoms with Crippen LogP contribution in [0.5, 0.6) is 5.88 Å². The molecule has 8 nitrogen and oxygen atoms in total. The summed E-state index contributed by atoms with van der Waals surface area (Å²) in [4.78, 5) is 16.4. The van der Waals surface area contributed by atoms with Crippen molar-refractivity contribution in [1.82, 2.24) is 14.8 Å². The van der Waals surface area contributed by atoms with E-state index in [-0.39, 0.29) is 27.9 Å². The number of alkyl halides is 2. The smallest absolute Gasteiger partial charge is 0.388 e. The number of aryl methyl sites for hydroxylation is 2. The van der Waals surface area contributed by atoms with Gasteiger partial charge < -0.3 is 14.5 Å². The van der Waals surface area contributed by atoms with Crippen molar-refractivity contribution in [2.45, 2.75) is 20.0 Å². The number of nitrogens with one attached hydrogen (secondary N) is 1. The minimum Gasteiger partial charge on any atom is -0.455 e. The normalized spacial score (nSPS) is 10.9. The highest BCUT2D eigenvalue weighted by Gasteiger charge is 2.22. The van der Waals surface area contributed by atoms with E-state index >= 15 is 0 Å². The van der Waals surface area contributed by atoms with Crippen LogP contribution in [0.15, 0.2) is 22.9 Å². The summed E-state index contributed by atoms with van der Waals surface area (Å²) in [5, 5.41) is 15.8. The molecule has 0 aliphatic rings. The van der Waals surface area contributed by atoms with Gasteiger partial charge in [-0.3, -0.25) is 9.48 Å². The Morgan fingerprint density at radius 2 is 2.27 bits per heavy atom. The van der Waals surface area contributed by atoms with Crippen molar-refractivity contribution in [1.29, 1.82) is 5.26 Å². The van der Waals surface area contributed by atoms with E-state index in [1.807, 2.05) is 13.0 Å². The number of ether oxygens (including phenoxy) is 1. The highest BCUT2D eigenvalue weighted by Crippen LogP contribution is 2.31. The summed E-state index contributed by atoms with van der Waals surface area (Å²) in [6.45, 7) is -1.26. The number of hydrogen-bond donors (Lipinski definition) is 1. The molecule has 0 fully saturated rings. The lowest BCUT2D eigenvalue weighted by Crippen LogP contribution is -2.16. The van der Waals surface area contributed by atoms with Gasteiger partial charge in [-0.1, -0.05) is 6.92 Å². The number of carbonyl (C=O) groups excluding carboxylic acids is 1. The number of hydrogen-bond acceptors (Lipinski definition) is 6. The molecule has 0 saturated heterocycles. The number of nitriles is 1. The highest BCUT2D eigenvalue weighted by atomic mass is 19.3. The lowest BCUT2D eigenvalue weighted by Gasteiger charge is -2.08. The minimum absolute atomic E-state index is 0.0414. The molecule has 0 unspecified atom stereocenters. The topological polar surface area (TPSA) is 106 Å². The Balaban J connectivity index is 2.04. The molecule has 3 aromatic rings. The van der Waals surface area contributed by atoms with Crippen molar-refractivity contribution in [3.05, 3.63) is 35.3 Å². The van der Waals surface area contributed by atoms with Crippen LogP contribution in [0, 0.1) is 11.3 Å². The number of carbonyl (C=O) groups is 1. The van der Waals surface area contributed by atoms with E-state index in [9.17, 15) is 13.6 Å². The molecule has 134 valence electrons. The number of halogens is 2. The zero-order valence-electron chi connectivity index (χ0n) is 13.8. The molecule has 10 heteroatoms. The van der Waals surface area contributed by atoms with Gasteiger partial charge >= 0.3 is 6.61 Å². The van der Waals surface area contributed by atoms with Crippen LogP contribution in [0.1, 0.15) is 28.6 Å². The van der Waals surface area contributed by atoms with E-state index in [4.69, 9.17) is 9.68 Å². The molecule has 0 spiro atoms. The van der Waals surface area contributed by atoms with Gasteiger partial charge in [-0.25, -0.2) is 4.98 Å². The predicted octanol–water partition coefficient (Wildman–Crippen LogP) is 2.85. The molecule has 3 rings (SSSR count). The average Bonchev–Trinajstić information content (AvgIpc) is 3.19. The second-order valence-corrected chi connectivity index (χ2v) is 5.26. The number of aromatic nitrogens is 3. The van der Waals surface area contributed by atoms with E-state index < -0.39 is 18.4 Å². The molecular formula is C16H13F2N5O3.